The third-order valence-corrected chi connectivity index (χ3v) is 3.12. The van der Waals surface area contributed by atoms with Crippen molar-refractivity contribution in [1.29, 1.82) is 0 Å². The van der Waals surface area contributed by atoms with Gasteiger partial charge in [0.15, 0.2) is 0 Å². The fourth-order valence-corrected chi connectivity index (χ4v) is 2.00. The molecule has 0 amide bonds. The highest BCUT2D eigenvalue weighted by Crippen LogP contribution is 2.53. The Morgan fingerprint density at radius 3 is 2.79 bits per heavy atom. The van der Waals surface area contributed by atoms with Gasteiger partial charge < -0.3 is 5.11 Å². The monoisotopic (exact) mass is 195 g/mol. The van der Waals surface area contributed by atoms with Gasteiger partial charge in [0.1, 0.15) is 0 Å². The van der Waals surface area contributed by atoms with Crippen molar-refractivity contribution in [3.63, 3.8) is 0 Å². The van der Waals surface area contributed by atoms with Gasteiger partial charge in [-0.2, -0.15) is 15.0 Å². The molecule has 1 saturated carbocycles. The lowest BCUT2D eigenvalue weighted by molar-refractivity contribution is 0.135. The minimum Gasteiger partial charge on any atom is -0.392 e. The molecule has 1 aromatic rings. The summed E-state index contributed by atoms with van der Waals surface area (Å²) in [4.78, 5) is 1.53. The fraction of sp³-hybridized carbons (Fsp3) is 0.800. The molecule has 0 saturated heterocycles. The molecule has 1 aromatic heterocycles. The Bertz CT molecular complexity index is 332. The van der Waals surface area contributed by atoms with Crippen LogP contribution in [0.2, 0.25) is 0 Å². The highest BCUT2D eigenvalue weighted by Gasteiger charge is 2.49. The lowest BCUT2D eigenvalue weighted by Crippen LogP contribution is -2.16. The van der Waals surface area contributed by atoms with E-state index in [0.717, 1.165) is 12.1 Å². The summed E-state index contributed by atoms with van der Waals surface area (Å²) in [7, 11) is 1.79. The summed E-state index contributed by atoms with van der Waals surface area (Å²) in [5.41, 5.74) is 1.20. The molecule has 0 bridgehead atoms. The van der Waals surface area contributed by atoms with E-state index in [4.69, 9.17) is 0 Å². The molecular weight excluding hydrogens is 178 g/mol. The van der Waals surface area contributed by atoms with E-state index in [1.807, 2.05) is 0 Å². The molecule has 0 aromatic carbocycles. The molecule has 2 unspecified atom stereocenters. The first-order valence-electron chi connectivity index (χ1n) is 5.02. The molecule has 78 valence electrons. The summed E-state index contributed by atoms with van der Waals surface area (Å²) in [6.45, 7) is 4.38. The number of aromatic nitrogens is 3. The topological polar surface area (TPSA) is 50.9 Å². The molecule has 1 N–H and O–H groups in total. The van der Waals surface area contributed by atoms with Crippen molar-refractivity contribution in [2.24, 2.45) is 18.4 Å². The molecule has 2 rings (SSSR count). The SMILES string of the molecule is Cn1ncc(CC(O)C2CC2(C)C)n1. The number of rotatable bonds is 3. The highest BCUT2D eigenvalue weighted by molar-refractivity contribution is 5.03. The van der Waals surface area contributed by atoms with Gasteiger partial charge in [0.25, 0.3) is 0 Å². The summed E-state index contributed by atoms with van der Waals surface area (Å²) in [6.07, 6.45) is 3.20. The lowest BCUT2D eigenvalue weighted by atomic mass is 10.0. The number of aliphatic hydroxyl groups is 1. The van der Waals surface area contributed by atoms with E-state index in [-0.39, 0.29) is 6.10 Å². The van der Waals surface area contributed by atoms with Crippen LogP contribution >= 0.6 is 0 Å². The Morgan fingerprint density at radius 2 is 2.36 bits per heavy atom. The predicted octanol–water partition coefficient (Wildman–Crippen LogP) is 0.765. The maximum absolute atomic E-state index is 9.91. The van der Waals surface area contributed by atoms with Gasteiger partial charge in [-0.3, -0.25) is 0 Å². The second kappa shape index (κ2) is 3.05. The van der Waals surface area contributed by atoms with Crippen LogP contribution in [0.25, 0.3) is 0 Å². The molecule has 0 spiro atoms. The summed E-state index contributed by atoms with van der Waals surface area (Å²) in [5, 5.41) is 18.0. The maximum Gasteiger partial charge on any atom is 0.0852 e. The van der Waals surface area contributed by atoms with E-state index >= 15 is 0 Å². The molecule has 0 aliphatic heterocycles. The van der Waals surface area contributed by atoms with Crippen LogP contribution in [-0.4, -0.2) is 26.2 Å². The summed E-state index contributed by atoms with van der Waals surface area (Å²) < 4.78 is 0. The van der Waals surface area contributed by atoms with E-state index in [1.54, 1.807) is 13.2 Å². The Morgan fingerprint density at radius 1 is 1.71 bits per heavy atom. The van der Waals surface area contributed by atoms with E-state index in [1.165, 1.54) is 4.80 Å². The molecule has 14 heavy (non-hydrogen) atoms. The first-order chi connectivity index (χ1) is 6.49. The Hall–Kier alpha value is -0.900. The van der Waals surface area contributed by atoms with E-state index in [9.17, 15) is 5.11 Å². The molecule has 1 heterocycles. The third-order valence-electron chi connectivity index (χ3n) is 3.12. The normalized spacial score (nSPS) is 26.1. The Kier molecular flexibility index (Phi) is 2.10. The van der Waals surface area contributed by atoms with Crippen molar-refractivity contribution in [3.8, 4) is 0 Å². The second-order valence-corrected chi connectivity index (χ2v) is 4.90. The lowest BCUT2D eigenvalue weighted by Gasteiger charge is -2.09. The average molecular weight is 195 g/mol. The second-order valence-electron chi connectivity index (χ2n) is 4.90. The van der Waals surface area contributed by atoms with Crippen LogP contribution in [0.15, 0.2) is 6.20 Å². The first-order valence-corrected chi connectivity index (χ1v) is 5.02. The van der Waals surface area contributed by atoms with Crippen molar-refractivity contribution in [1.82, 2.24) is 15.0 Å². The van der Waals surface area contributed by atoms with Gasteiger partial charge in [0, 0.05) is 13.5 Å². The Labute approximate surface area is 83.9 Å². The largest absolute Gasteiger partial charge is 0.392 e. The standard InChI is InChI=1S/C10H17N3O/c1-10(2)5-8(10)9(14)4-7-6-11-13(3)12-7/h6,8-9,14H,4-5H2,1-3H3. The van der Waals surface area contributed by atoms with Gasteiger partial charge in [-0.05, 0) is 17.8 Å². The molecule has 1 fully saturated rings. The molecule has 2 atom stereocenters. The molecular formula is C10H17N3O. The van der Waals surface area contributed by atoms with Gasteiger partial charge >= 0.3 is 0 Å². The van der Waals surface area contributed by atoms with Crippen LogP contribution in [0.4, 0.5) is 0 Å². The van der Waals surface area contributed by atoms with E-state index in [0.29, 0.717) is 17.8 Å². The zero-order chi connectivity index (χ0) is 10.3. The van der Waals surface area contributed by atoms with Crippen molar-refractivity contribution < 1.29 is 5.11 Å². The third kappa shape index (κ3) is 1.80. The van der Waals surface area contributed by atoms with Gasteiger partial charge in [-0.15, -0.1) is 0 Å². The van der Waals surface area contributed by atoms with E-state index < -0.39 is 0 Å². The number of hydrogen-bond donors (Lipinski definition) is 1. The smallest absolute Gasteiger partial charge is 0.0852 e. The fourth-order valence-electron chi connectivity index (χ4n) is 2.00. The molecule has 1 aliphatic carbocycles. The van der Waals surface area contributed by atoms with Crippen molar-refractivity contribution in [2.75, 3.05) is 0 Å². The summed E-state index contributed by atoms with van der Waals surface area (Å²) in [5.74, 6) is 0.435. The first kappa shape index (κ1) is 9.65. The predicted molar refractivity (Wildman–Crippen MR) is 52.6 cm³/mol. The average Bonchev–Trinajstić information content (AvgIpc) is 2.51. The van der Waals surface area contributed by atoms with Crippen molar-refractivity contribution in [2.45, 2.75) is 32.8 Å². The van der Waals surface area contributed by atoms with Gasteiger partial charge in [-0.1, -0.05) is 13.8 Å². The van der Waals surface area contributed by atoms with Crippen LogP contribution in [0, 0.1) is 11.3 Å². The maximum atomic E-state index is 9.91. The quantitative estimate of drug-likeness (QED) is 0.775. The van der Waals surface area contributed by atoms with Crippen LogP contribution in [0.5, 0.6) is 0 Å². The van der Waals surface area contributed by atoms with Crippen LogP contribution in [0.1, 0.15) is 26.0 Å². The van der Waals surface area contributed by atoms with Crippen LogP contribution in [0.3, 0.4) is 0 Å². The van der Waals surface area contributed by atoms with Gasteiger partial charge in [0.2, 0.25) is 0 Å². The summed E-state index contributed by atoms with van der Waals surface area (Å²) >= 11 is 0. The van der Waals surface area contributed by atoms with Crippen LogP contribution in [-0.2, 0) is 13.5 Å². The van der Waals surface area contributed by atoms with E-state index in [2.05, 4.69) is 24.0 Å². The van der Waals surface area contributed by atoms with Crippen LogP contribution < -0.4 is 0 Å². The summed E-state index contributed by atoms with van der Waals surface area (Å²) in [6, 6.07) is 0. The number of aryl methyl sites for hydroxylation is 1. The molecule has 4 nitrogen and oxygen atoms in total. The van der Waals surface area contributed by atoms with Gasteiger partial charge in [0.05, 0.1) is 18.0 Å². The van der Waals surface area contributed by atoms with Crippen molar-refractivity contribution >= 4 is 0 Å². The number of aliphatic hydroxyl groups excluding tert-OH is 1. The minimum absolute atomic E-state index is 0.262. The highest BCUT2D eigenvalue weighted by atomic mass is 16.3. The zero-order valence-corrected chi connectivity index (χ0v) is 8.94. The number of hydrogen-bond acceptors (Lipinski definition) is 3. The molecule has 0 radical (unpaired) electrons. The molecule has 1 aliphatic rings. The molecule has 4 heteroatoms. The number of nitrogens with zero attached hydrogens (tertiary/aromatic N) is 3. The zero-order valence-electron chi connectivity index (χ0n) is 8.94. The minimum atomic E-state index is -0.262. The van der Waals surface area contributed by atoms with Crippen molar-refractivity contribution in [3.05, 3.63) is 11.9 Å². The van der Waals surface area contributed by atoms with Gasteiger partial charge in [-0.25, -0.2) is 0 Å². The Balaban J connectivity index is 1.93.